The molecule has 3 atom stereocenters. The maximum absolute atomic E-state index is 5.93. The van der Waals surface area contributed by atoms with Crippen molar-refractivity contribution < 1.29 is 4.74 Å². The van der Waals surface area contributed by atoms with E-state index in [1.54, 1.807) is 0 Å². The van der Waals surface area contributed by atoms with Crippen LogP contribution in [-0.2, 0) is 4.74 Å². The van der Waals surface area contributed by atoms with Gasteiger partial charge in [0.2, 0.25) is 0 Å². The van der Waals surface area contributed by atoms with Crippen LogP contribution in [0, 0.1) is 11.3 Å². The van der Waals surface area contributed by atoms with Gasteiger partial charge in [-0.2, -0.15) is 0 Å². The van der Waals surface area contributed by atoms with Crippen molar-refractivity contribution in [2.75, 3.05) is 6.61 Å². The first-order valence-corrected chi connectivity index (χ1v) is 8.14. The molecule has 0 aliphatic rings. The molecule has 0 aromatic carbocycles. The topological polar surface area (TPSA) is 9.23 Å². The van der Waals surface area contributed by atoms with E-state index in [9.17, 15) is 0 Å². The second-order valence-corrected chi connectivity index (χ2v) is 6.10. The molecular formula is C17H36O. The summed E-state index contributed by atoms with van der Waals surface area (Å²) in [5, 5.41) is 0. The minimum Gasteiger partial charge on any atom is -0.378 e. The summed E-state index contributed by atoms with van der Waals surface area (Å²) in [6.07, 6.45) is 9.73. The smallest absolute Gasteiger partial charge is 0.0602 e. The van der Waals surface area contributed by atoms with E-state index in [2.05, 4.69) is 41.5 Å². The van der Waals surface area contributed by atoms with E-state index in [1.807, 2.05) is 0 Å². The third kappa shape index (κ3) is 5.73. The fraction of sp³-hybridized carbons (Fsp3) is 1.00. The zero-order valence-electron chi connectivity index (χ0n) is 13.7. The molecule has 0 radical (unpaired) electrons. The molecule has 0 rings (SSSR count). The molecule has 0 N–H and O–H groups in total. The highest BCUT2D eigenvalue weighted by Crippen LogP contribution is 2.40. The molecule has 0 spiro atoms. The lowest BCUT2D eigenvalue weighted by atomic mass is 9.69. The maximum Gasteiger partial charge on any atom is 0.0602 e. The summed E-state index contributed by atoms with van der Waals surface area (Å²) in [6, 6.07) is 0. The monoisotopic (exact) mass is 256 g/mol. The third-order valence-corrected chi connectivity index (χ3v) is 4.76. The van der Waals surface area contributed by atoms with Gasteiger partial charge in [0.1, 0.15) is 0 Å². The molecule has 0 saturated heterocycles. The standard InChI is InChI=1S/C17H36O/c1-7-10-11-12-14-17(6,15(4)13-8-2)16(5)18-9-3/h15-16H,7-14H2,1-6H3. The van der Waals surface area contributed by atoms with Crippen molar-refractivity contribution in [1.82, 2.24) is 0 Å². The van der Waals surface area contributed by atoms with Gasteiger partial charge in [-0.15, -0.1) is 0 Å². The number of hydrogen-bond acceptors (Lipinski definition) is 1. The van der Waals surface area contributed by atoms with Crippen LogP contribution in [0.4, 0.5) is 0 Å². The van der Waals surface area contributed by atoms with Gasteiger partial charge in [0.05, 0.1) is 6.10 Å². The van der Waals surface area contributed by atoms with E-state index in [4.69, 9.17) is 4.74 Å². The Morgan fingerprint density at radius 3 is 2.11 bits per heavy atom. The quantitative estimate of drug-likeness (QED) is 0.423. The highest BCUT2D eigenvalue weighted by molar-refractivity contribution is 4.85. The molecule has 0 bridgehead atoms. The Morgan fingerprint density at radius 1 is 0.944 bits per heavy atom. The molecule has 0 saturated carbocycles. The van der Waals surface area contributed by atoms with E-state index < -0.39 is 0 Å². The Balaban J connectivity index is 4.47. The van der Waals surface area contributed by atoms with Crippen molar-refractivity contribution in [2.45, 2.75) is 92.6 Å². The molecule has 0 aromatic heterocycles. The van der Waals surface area contributed by atoms with Crippen molar-refractivity contribution in [3.05, 3.63) is 0 Å². The second kappa shape index (κ2) is 9.83. The molecule has 110 valence electrons. The van der Waals surface area contributed by atoms with Crippen LogP contribution in [0.1, 0.15) is 86.5 Å². The predicted octanol–water partition coefficient (Wildman–Crippen LogP) is 5.82. The van der Waals surface area contributed by atoms with E-state index in [0.29, 0.717) is 11.5 Å². The van der Waals surface area contributed by atoms with Crippen LogP contribution in [0.15, 0.2) is 0 Å². The van der Waals surface area contributed by atoms with Gasteiger partial charge >= 0.3 is 0 Å². The molecule has 0 aliphatic carbocycles. The van der Waals surface area contributed by atoms with Gasteiger partial charge < -0.3 is 4.74 Å². The van der Waals surface area contributed by atoms with Gasteiger partial charge in [0, 0.05) is 6.61 Å². The van der Waals surface area contributed by atoms with E-state index >= 15 is 0 Å². The van der Waals surface area contributed by atoms with E-state index in [-0.39, 0.29) is 0 Å². The SMILES string of the molecule is CCCCCCC(C)(C(C)CCC)C(C)OCC. The van der Waals surface area contributed by atoms with Crippen molar-refractivity contribution in [3.8, 4) is 0 Å². The van der Waals surface area contributed by atoms with E-state index in [0.717, 1.165) is 12.5 Å². The highest BCUT2D eigenvalue weighted by Gasteiger charge is 2.36. The summed E-state index contributed by atoms with van der Waals surface area (Å²) >= 11 is 0. The first-order chi connectivity index (χ1) is 8.52. The van der Waals surface area contributed by atoms with Crippen LogP contribution in [0.2, 0.25) is 0 Å². The summed E-state index contributed by atoms with van der Waals surface area (Å²) in [5.74, 6) is 0.755. The first kappa shape index (κ1) is 18.0. The first-order valence-electron chi connectivity index (χ1n) is 8.14. The largest absolute Gasteiger partial charge is 0.378 e. The lowest BCUT2D eigenvalue weighted by molar-refractivity contribution is -0.0508. The van der Waals surface area contributed by atoms with Gasteiger partial charge in [-0.3, -0.25) is 0 Å². The highest BCUT2D eigenvalue weighted by atomic mass is 16.5. The summed E-state index contributed by atoms with van der Waals surface area (Å²) in [7, 11) is 0. The Labute approximate surface area is 116 Å². The summed E-state index contributed by atoms with van der Waals surface area (Å²) in [4.78, 5) is 0. The Hall–Kier alpha value is -0.0400. The van der Waals surface area contributed by atoms with Gasteiger partial charge in [-0.1, -0.05) is 66.2 Å². The normalized spacial score (nSPS) is 18.3. The van der Waals surface area contributed by atoms with Gasteiger partial charge in [0.25, 0.3) is 0 Å². The summed E-state index contributed by atoms with van der Waals surface area (Å²) in [6.45, 7) is 14.7. The molecule has 0 fully saturated rings. The number of hydrogen-bond donors (Lipinski definition) is 0. The molecular weight excluding hydrogens is 220 g/mol. The summed E-state index contributed by atoms with van der Waals surface area (Å²) < 4.78 is 5.93. The predicted molar refractivity (Wildman–Crippen MR) is 82.0 cm³/mol. The van der Waals surface area contributed by atoms with Crippen molar-refractivity contribution in [3.63, 3.8) is 0 Å². The Morgan fingerprint density at radius 2 is 1.61 bits per heavy atom. The van der Waals surface area contributed by atoms with Gasteiger partial charge in [-0.25, -0.2) is 0 Å². The fourth-order valence-corrected chi connectivity index (χ4v) is 2.99. The Kier molecular flexibility index (Phi) is 9.81. The van der Waals surface area contributed by atoms with Crippen molar-refractivity contribution in [2.24, 2.45) is 11.3 Å². The van der Waals surface area contributed by atoms with Crippen LogP contribution < -0.4 is 0 Å². The summed E-state index contributed by atoms with van der Waals surface area (Å²) in [5.41, 5.74) is 0.347. The minimum absolute atomic E-state index is 0.347. The molecule has 0 aromatic rings. The van der Waals surface area contributed by atoms with Crippen LogP contribution in [0.3, 0.4) is 0 Å². The average molecular weight is 256 g/mol. The van der Waals surface area contributed by atoms with Crippen molar-refractivity contribution in [1.29, 1.82) is 0 Å². The van der Waals surface area contributed by atoms with Crippen LogP contribution in [0.25, 0.3) is 0 Å². The molecule has 18 heavy (non-hydrogen) atoms. The van der Waals surface area contributed by atoms with Gasteiger partial charge in [0.15, 0.2) is 0 Å². The van der Waals surface area contributed by atoms with Gasteiger partial charge in [-0.05, 0) is 31.6 Å². The average Bonchev–Trinajstić information content (AvgIpc) is 2.35. The number of rotatable bonds is 11. The lowest BCUT2D eigenvalue weighted by Crippen LogP contribution is -2.38. The third-order valence-electron chi connectivity index (χ3n) is 4.76. The molecule has 1 heteroatoms. The molecule has 0 amide bonds. The zero-order valence-corrected chi connectivity index (χ0v) is 13.7. The fourth-order valence-electron chi connectivity index (χ4n) is 2.99. The van der Waals surface area contributed by atoms with E-state index in [1.165, 1.54) is 44.9 Å². The Bertz CT molecular complexity index is 176. The minimum atomic E-state index is 0.347. The lowest BCUT2D eigenvalue weighted by Gasteiger charge is -2.41. The van der Waals surface area contributed by atoms with Crippen molar-refractivity contribution >= 4 is 0 Å². The second-order valence-electron chi connectivity index (χ2n) is 6.10. The number of ether oxygens (including phenoxy) is 1. The maximum atomic E-state index is 5.93. The molecule has 0 heterocycles. The molecule has 0 aliphatic heterocycles. The zero-order chi connectivity index (χ0) is 14.0. The van der Waals surface area contributed by atoms with Crippen LogP contribution in [-0.4, -0.2) is 12.7 Å². The van der Waals surface area contributed by atoms with Crippen LogP contribution >= 0.6 is 0 Å². The molecule has 3 unspecified atom stereocenters. The molecule has 1 nitrogen and oxygen atoms in total. The number of unbranched alkanes of at least 4 members (excludes halogenated alkanes) is 3. The van der Waals surface area contributed by atoms with Crippen LogP contribution in [0.5, 0.6) is 0 Å².